The van der Waals surface area contributed by atoms with Crippen molar-refractivity contribution >= 4 is 0 Å². The quantitative estimate of drug-likeness (QED) is 0.785. The number of hydrogen-bond acceptors (Lipinski definition) is 6. The number of β-amino-alcohol motifs (C(OH)–C–C–N with tert-alkyl or cyclic N) is 1. The predicted molar refractivity (Wildman–Crippen MR) is 89.5 cm³/mol. The summed E-state index contributed by atoms with van der Waals surface area (Å²) in [5.74, 6) is 0.948. The van der Waals surface area contributed by atoms with Gasteiger partial charge in [-0.15, -0.1) is 0 Å². The third-order valence-corrected chi connectivity index (χ3v) is 4.26. The van der Waals surface area contributed by atoms with Gasteiger partial charge in [0.2, 0.25) is 0 Å². The smallest absolute Gasteiger partial charge is 0.119 e. The van der Waals surface area contributed by atoms with E-state index in [1.54, 1.807) is 18.6 Å². The summed E-state index contributed by atoms with van der Waals surface area (Å²) in [6.07, 6.45) is 5.53. The second-order valence-electron chi connectivity index (χ2n) is 6.14. The van der Waals surface area contributed by atoms with Crippen molar-refractivity contribution in [2.75, 3.05) is 26.3 Å². The Morgan fingerprint density at radius 1 is 1.17 bits per heavy atom. The van der Waals surface area contributed by atoms with Gasteiger partial charge in [0.25, 0.3) is 0 Å². The minimum Gasteiger partial charge on any atom is -0.491 e. The Bertz CT molecular complexity index is 621. The minimum atomic E-state index is -0.334. The molecule has 0 amide bonds. The zero-order chi connectivity index (χ0) is 16.8. The second kappa shape index (κ2) is 8.19. The van der Waals surface area contributed by atoms with E-state index in [9.17, 15) is 5.11 Å². The maximum atomic E-state index is 10.3. The van der Waals surface area contributed by atoms with Crippen molar-refractivity contribution < 1.29 is 14.9 Å². The van der Waals surface area contributed by atoms with Crippen LogP contribution >= 0.6 is 0 Å². The molecule has 128 valence electrons. The van der Waals surface area contributed by atoms with Gasteiger partial charge < -0.3 is 14.9 Å². The molecular formula is C18H23N3O3. The van der Waals surface area contributed by atoms with Crippen LogP contribution in [0, 0.1) is 5.92 Å². The van der Waals surface area contributed by atoms with Gasteiger partial charge in [0.1, 0.15) is 12.4 Å². The van der Waals surface area contributed by atoms with Crippen LogP contribution in [0.2, 0.25) is 0 Å². The summed E-state index contributed by atoms with van der Waals surface area (Å²) in [6, 6.07) is 7.87. The second-order valence-corrected chi connectivity index (χ2v) is 6.14. The summed E-state index contributed by atoms with van der Waals surface area (Å²) < 4.78 is 5.36. The van der Waals surface area contributed by atoms with Gasteiger partial charge in [-0.3, -0.25) is 14.9 Å². The number of likely N-dealkylation sites (tertiary alicyclic amines) is 1. The summed E-state index contributed by atoms with van der Waals surface area (Å²) in [6.45, 7) is 2.64. The van der Waals surface area contributed by atoms with E-state index in [1.807, 2.05) is 24.3 Å². The molecule has 1 aromatic heterocycles. The van der Waals surface area contributed by atoms with E-state index in [0.29, 0.717) is 13.2 Å². The number of aromatic nitrogens is 2. The molecule has 1 aromatic carbocycles. The van der Waals surface area contributed by atoms with Crippen molar-refractivity contribution in [3.63, 3.8) is 0 Å². The number of rotatable bonds is 7. The van der Waals surface area contributed by atoms with E-state index in [0.717, 1.165) is 31.0 Å². The molecule has 2 heterocycles. The van der Waals surface area contributed by atoms with Gasteiger partial charge in [-0.2, -0.15) is 0 Å². The van der Waals surface area contributed by atoms with Crippen LogP contribution < -0.4 is 4.74 Å². The topological polar surface area (TPSA) is 78.7 Å². The summed E-state index contributed by atoms with van der Waals surface area (Å²) in [5, 5.41) is 19.1. The lowest BCUT2D eigenvalue weighted by Crippen LogP contribution is -2.21. The zero-order valence-corrected chi connectivity index (χ0v) is 13.6. The SMILES string of the molecule is OCCOc1ccc(CN2CC(O)C(Cc3cnccn3)C2)cc1. The highest BCUT2D eigenvalue weighted by molar-refractivity contribution is 5.27. The summed E-state index contributed by atoms with van der Waals surface area (Å²) in [7, 11) is 0. The molecule has 2 atom stereocenters. The summed E-state index contributed by atoms with van der Waals surface area (Å²) in [4.78, 5) is 10.6. The maximum absolute atomic E-state index is 10.3. The van der Waals surface area contributed by atoms with Gasteiger partial charge in [0.15, 0.2) is 0 Å². The first-order valence-corrected chi connectivity index (χ1v) is 8.22. The van der Waals surface area contributed by atoms with Crippen molar-refractivity contribution in [3.05, 3.63) is 54.1 Å². The standard InChI is InChI=1S/C18H23N3O3/c22-7-8-24-17-3-1-14(2-4-17)11-21-12-15(18(23)13-21)9-16-10-19-5-6-20-16/h1-6,10,15,18,22-23H,7-9,11-13H2. The third kappa shape index (κ3) is 4.50. The van der Waals surface area contributed by atoms with Crippen molar-refractivity contribution in [2.24, 2.45) is 5.92 Å². The highest BCUT2D eigenvalue weighted by Crippen LogP contribution is 2.23. The highest BCUT2D eigenvalue weighted by atomic mass is 16.5. The van der Waals surface area contributed by atoms with Gasteiger partial charge in [0, 0.05) is 44.1 Å². The molecule has 1 fully saturated rings. The van der Waals surface area contributed by atoms with Gasteiger partial charge in [-0.1, -0.05) is 12.1 Å². The molecule has 2 N–H and O–H groups in total. The third-order valence-electron chi connectivity index (χ3n) is 4.26. The van der Waals surface area contributed by atoms with Crippen LogP contribution in [0.15, 0.2) is 42.9 Å². The van der Waals surface area contributed by atoms with Crippen LogP contribution in [0.25, 0.3) is 0 Å². The molecule has 2 unspecified atom stereocenters. The Balaban J connectivity index is 1.53. The van der Waals surface area contributed by atoms with Crippen LogP contribution in [0.3, 0.4) is 0 Å². The normalized spacial score (nSPS) is 21.1. The fourth-order valence-corrected chi connectivity index (χ4v) is 3.09. The number of benzene rings is 1. The summed E-state index contributed by atoms with van der Waals surface area (Å²) >= 11 is 0. The van der Waals surface area contributed by atoms with Crippen LogP contribution in [0.5, 0.6) is 5.75 Å². The molecule has 0 saturated carbocycles. The number of nitrogens with zero attached hydrogens (tertiary/aromatic N) is 3. The minimum absolute atomic E-state index is 0.0145. The summed E-state index contributed by atoms with van der Waals surface area (Å²) in [5.41, 5.74) is 2.10. The van der Waals surface area contributed by atoms with Crippen molar-refractivity contribution in [2.45, 2.75) is 19.1 Å². The van der Waals surface area contributed by atoms with E-state index < -0.39 is 0 Å². The monoisotopic (exact) mass is 329 g/mol. The number of ether oxygens (including phenoxy) is 1. The Morgan fingerprint density at radius 3 is 2.71 bits per heavy atom. The molecule has 0 aliphatic carbocycles. The largest absolute Gasteiger partial charge is 0.491 e. The van der Waals surface area contributed by atoms with E-state index in [4.69, 9.17) is 9.84 Å². The lowest BCUT2D eigenvalue weighted by atomic mass is 10.0. The zero-order valence-electron chi connectivity index (χ0n) is 13.6. The van der Waals surface area contributed by atoms with Crippen LogP contribution in [0.4, 0.5) is 0 Å². The van der Waals surface area contributed by atoms with Gasteiger partial charge >= 0.3 is 0 Å². The lowest BCUT2D eigenvalue weighted by Gasteiger charge is -2.16. The van der Waals surface area contributed by atoms with E-state index >= 15 is 0 Å². The molecule has 0 radical (unpaired) electrons. The van der Waals surface area contributed by atoms with E-state index in [-0.39, 0.29) is 18.6 Å². The molecule has 1 aliphatic heterocycles. The van der Waals surface area contributed by atoms with Gasteiger partial charge in [0.05, 0.1) is 18.4 Å². The first-order valence-electron chi connectivity index (χ1n) is 8.22. The Kier molecular flexibility index (Phi) is 5.74. The van der Waals surface area contributed by atoms with Crippen molar-refractivity contribution in [1.82, 2.24) is 14.9 Å². The molecule has 1 saturated heterocycles. The number of hydrogen-bond donors (Lipinski definition) is 2. The van der Waals surface area contributed by atoms with E-state index in [2.05, 4.69) is 14.9 Å². The average molecular weight is 329 g/mol. The molecule has 0 spiro atoms. The number of aliphatic hydroxyl groups is 2. The first-order chi connectivity index (χ1) is 11.7. The molecule has 6 nitrogen and oxygen atoms in total. The van der Waals surface area contributed by atoms with Gasteiger partial charge in [-0.25, -0.2) is 0 Å². The van der Waals surface area contributed by atoms with Crippen LogP contribution in [-0.2, 0) is 13.0 Å². The van der Waals surface area contributed by atoms with Crippen LogP contribution in [-0.4, -0.2) is 57.5 Å². The lowest BCUT2D eigenvalue weighted by molar-refractivity contribution is 0.140. The highest BCUT2D eigenvalue weighted by Gasteiger charge is 2.31. The average Bonchev–Trinajstić information content (AvgIpc) is 2.94. The Morgan fingerprint density at radius 2 is 2.00 bits per heavy atom. The molecule has 24 heavy (non-hydrogen) atoms. The fraction of sp³-hybridized carbons (Fsp3) is 0.444. The molecule has 2 aromatic rings. The van der Waals surface area contributed by atoms with Crippen LogP contribution in [0.1, 0.15) is 11.3 Å². The predicted octanol–water partition coefficient (Wildman–Crippen LogP) is 0.883. The maximum Gasteiger partial charge on any atom is 0.119 e. The molecular weight excluding hydrogens is 306 g/mol. The van der Waals surface area contributed by atoms with E-state index in [1.165, 1.54) is 5.56 Å². The first kappa shape index (κ1) is 16.8. The molecule has 3 rings (SSSR count). The Labute approximate surface area is 141 Å². The van der Waals surface area contributed by atoms with Crippen molar-refractivity contribution in [3.8, 4) is 5.75 Å². The number of aliphatic hydroxyl groups excluding tert-OH is 2. The van der Waals surface area contributed by atoms with Gasteiger partial charge in [-0.05, 0) is 24.1 Å². The molecule has 6 heteroatoms. The molecule has 0 bridgehead atoms. The van der Waals surface area contributed by atoms with Crippen molar-refractivity contribution in [1.29, 1.82) is 0 Å². The molecule has 1 aliphatic rings. The Hall–Kier alpha value is -2.02. The fourth-order valence-electron chi connectivity index (χ4n) is 3.09.